The number of hydrogen-bond donors (Lipinski definition) is 1. The van der Waals surface area contributed by atoms with Gasteiger partial charge in [0.2, 0.25) is 0 Å². The van der Waals surface area contributed by atoms with E-state index >= 15 is 0 Å². The highest BCUT2D eigenvalue weighted by molar-refractivity contribution is 6.03. The van der Waals surface area contributed by atoms with Crippen molar-refractivity contribution in [3.8, 4) is 12.3 Å². The maximum absolute atomic E-state index is 11.3. The Labute approximate surface area is 105 Å². The lowest BCUT2D eigenvalue weighted by Gasteiger charge is -2.16. The van der Waals surface area contributed by atoms with E-state index in [0.29, 0.717) is 23.3 Å². The molecular formula is C14H12N2O2. The van der Waals surface area contributed by atoms with Gasteiger partial charge in [-0.15, -0.1) is 6.42 Å². The Hall–Kier alpha value is -2.54. The van der Waals surface area contributed by atoms with Crippen LogP contribution in [0.15, 0.2) is 30.3 Å². The van der Waals surface area contributed by atoms with Crippen LogP contribution in [-0.2, 0) is 0 Å². The van der Waals surface area contributed by atoms with Gasteiger partial charge < -0.3 is 10.0 Å². The normalized spacial score (nSPS) is 10.0. The van der Waals surface area contributed by atoms with E-state index in [0.717, 1.165) is 0 Å². The molecule has 90 valence electrons. The molecule has 18 heavy (non-hydrogen) atoms. The molecule has 4 heteroatoms. The van der Waals surface area contributed by atoms with E-state index in [-0.39, 0.29) is 5.56 Å². The number of nitrogens with zero attached hydrogens (tertiary/aromatic N) is 2. The molecule has 0 bridgehead atoms. The molecular weight excluding hydrogens is 228 g/mol. The Balaban J connectivity index is 2.65. The first-order valence-electron chi connectivity index (χ1n) is 5.41. The quantitative estimate of drug-likeness (QED) is 0.834. The van der Waals surface area contributed by atoms with Crippen LogP contribution >= 0.6 is 0 Å². The molecule has 0 spiro atoms. The molecule has 0 saturated heterocycles. The van der Waals surface area contributed by atoms with Crippen LogP contribution in [0.4, 0.5) is 5.82 Å². The van der Waals surface area contributed by atoms with Crippen molar-refractivity contribution < 1.29 is 9.90 Å². The Morgan fingerprint density at radius 2 is 2.22 bits per heavy atom. The summed E-state index contributed by atoms with van der Waals surface area (Å²) in [6, 6.07) is 8.70. The molecule has 0 aliphatic carbocycles. The van der Waals surface area contributed by atoms with E-state index < -0.39 is 5.97 Å². The molecule has 4 nitrogen and oxygen atoms in total. The van der Waals surface area contributed by atoms with Crippen LogP contribution in [0, 0.1) is 12.3 Å². The Kier molecular flexibility index (Phi) is 3.16. The lowest BCUT2D eigenvalue weighted by atomic mass is 10.1. The van der Waals surface area contributed by atoms with E-state index in [4.69, 9.17) is 6.42 Å². The number of benzene rings is 1. The summed E-state index contributed by atoms with van der Waals surface area (Å²) in [6.45, 7) is 0.379. The smallest absolute Gasteiger partial charge is 0.336 e. The molecule has 0 unspecified atom stereocenters. The number of terminal acetylenes is 1. The van der Waals surface area contributed by atoms with E-state index in [1.807, 2.05) is 6.07 Å². The van der Waals surface area contributed by atoms with Gasteiger partial charge in [0.15, 0.2) is 0 Å². The molecule has 0 saturated carbocycles. The summed E-state index contributed by atoms with van der Waals surface area (Å²) in [7, 11) is 1.78. The molecule has 1 aromatic heterocycles. The highest BCUT2D eigenvalue weighted by Crippen LogP contribution is 2.22. The minimum absolute atomic E-state index is 0.236. The third-order valence-corrected chi connectivity index (χ3v) is 2.65. The number of pyridine rings is 1. The van der Waals surface area contributed by atoms with Gasteiger partial charge in [-0.2, -0.15) is 0 Å². The zero-order valence-electron chi connectivity index (χ0n) is 9.92. The van der Waals surface area contributed by atoms with Crippen LogP contribution in [0.1, 0.15) is 10.4 Å². The highest BCUT2D eigenvalue weighted by Gasteiger charge is 2.13. The minimum Gasteiger partial charge on any atom is -0.478 e. The van der Waals surface area contributed by atoms with Gasteiger partial charge in [-0.1, -0.05) is 24.1 Å². The van der Waals surface area contributed by atoms with Crippen LogP contribution in [-0.4, -0.2) is 29.7 Å². The van der Waals surface area contributed by atoms with Gasteiger partial charge in [-0.3, -0.25) is 0 Å². The summed E-state index contributed by atoms with van der Waals surface area (Å²) in [5, 5.41) is 9.86. The van der Waals surface area contributed by atoms with Crippen molar-refractivity contribution in [3.63, 3.8) is 0 Å². The number of para-hydroxylation sites is 1. The van der Waals surface area contributed by atoms with Gasteiger partial charge in [-0.05, 0) is 12.1 Å². The number of carboxylic acid groups (broad SMARTS) is 1. The Bertz CT molecular complexity index is 644. The van der Waals surface area contributed by atoms with Crippen molar-refractivity contribution >= 4 is 22.7 Å². The molecule has 0 radical (unpaired) electrons. The molecule has 0 atom stereocenters. The van der Waals surface area contributed by atoms with Crippen molar-refractivity contribution in [1.82, 2.24) is 4.98 Å². The Morgan fingerprint density at radius 1 is 1.50 bits per heavy atom. The SMILES string of the molecule is C#CCN(C)c1cc(C(=O)O)c2ccccc2n1. The van der Waals surface area contributed by atoms with Crippen LogP contribution in [0.25, 0.3) is 10.9 Å². The third-order valence-electron chi connectivity index (χ3n) is 2.65. The number of carbonyl (C=O) groups is 1. The van der Waals surface area contributed by atoms with Crippen molar-refractivity contribution in [1.29, 1.82) is 0 Å². The molecule has 2 rings (SSSR count). The van der Waals surface area contributed by atoms with E-state index in [2.05, 4.69) is 10.9 Å². The second-order valence-corrected chi connectivity index (χ2v) is 3.91. The maximum Gasteiger partial charge on any atom is 0.336 e. The highest BCUT2D eigenvalue weighted by atomic mass is 16.4. The van der Waals surface area contributed by atoms with Gasteiger partial charge in [0.05, 0.1) is 17.6 Å². The fourth-order valence-electron chi connectivity index (χ4n) is 1.75. The molecule has 1 aromatic carbocycles. The number of aromatic nitrogens is 1. The van der Waals surface area contributed by atoms with E-state index in [1.54, 1.807) is 36.2 Å². The molecule has 0 fully saturated rings. The number of hydrogen-bond acceptors (Lipinski definition) is 3. The summed E-state index contributed by atoms with van der Waals surface area (Å²) in [4.78, 5) is 17.4. The van der Waals surface area contributed by atoms with E-state index in [1.165, 1.54) is 0 Å². The van der Waals surface area contributed by atoms with Crippen molar-refractivity contribution in [3.05, 3.63) is 35.9 Å². The monoisotopic (exact) mass is 240 g/mol. The van der Waals surface area contributed by atoms with Crippen LogP contribution in [0.5, 0.6) is 0 Å². The van der Waals surface area contributed by atoms with Gasteiger partial charge >= 0.3 is 5.97 Å². The summed E-state index contributed by atoms with van der Waals surface area (Å²) in [5.74, 6) is 2.09. The molecule has 0 amide bonds. The molecule has 0 aliphatic rings. The molecule has 2 aromatic rings. The van der Waals surface area contributed by atoms with E-state index in [9.17, 15) is 9.90 Å². The predicted molar refractivity (Wildman–Crippen MR) is 70.8 cm³/mol. The number of fused-ring (bicyclic) bond motifs is 1. The summed E-state index contributed by atoms with van der Waals surface area (Å²) < 4.78 is 0. The fourth-order valence-corrected chi connectivity index (χ4v) is 1.75. The number of anilines is 1. The number of carboxylic acids is 1. The zero-order valence-corrected chi connectivity index (χ0v) is 9.92. The van der Waals surface area contributed by atoms with Crippen molar-refractivity contribution in [2.45, 2.75) is 0 Å². The third kappa shape index (κ3) is 2.11. The van der Waals surface area contributed by atoms with Crippen LogP contribution in [0.2, 0.25) is 0 Å². The van der Waals surface area contributed by atoms with Crippen molar-refractivity contribution in [2.75, 3.05) is 18.5 Å². The summed E-state index contributed by atoms with van der Waals surface area (Å²) in [5.41, 5.74) is 0.885. The lowest BCUT2D eigenvalue weighted by molar-refractivity contribution is 0.0699. The first-order valence-corrected chi connectivity index (χ1v) is 5.41. The average Bonchev–Trinajstić information content (AvgIpc) is 2.37. The van der Waals surface area contributed by atoms with Crippen LogP contribution in [0.3, 0.4) is 0 Å². The number of rotatable bonds is 3. The van der Waals surface area contributed by atoms with Gasteiger partial charge in [0.1, 0.15) is 5.82 Å². The summed E-state index contributed by atoms with van der Waals surface area (Å²) in [6.07, 6.45) is 5.24. The fraction of sp³-hybridized carbons (Fsp3) is 0.143. The van der Waals surface area contributed by atoms with Gasteiger partial charge in [0, 0.05) is 12.4 Å². The topological polar surface area (TPSA) is 53.4 Å². The molecule has 1 heterocycles. The Morgan fingerprint density at radius 3 is 2.89 bits per heavy atom. The lowest BCUT2D eigenvalue weighted by Crippen LogP contribution is -2.19. The molecule has 1 N–H and O–H groups in total. The van der Waals surface area contributed by atoms with Crippen molar-refractivity contribution in [2.24, 2.45) is 0 Å². The number of aromatic carboxylic acids is 1. The zero-order chi connectivity index (χ0) is 13.1. The van der Waals surface area contributed by atoms with Gasteiger partial charge in [0.25, 0.3) is 0 Å². The minimum atomic E-state index is -0.969. The van der Waals surface area contributed by atoms with Crippen LogP contribution < -0.4 is 4.90 Å². The summed E-state index contributed by atoms with van der Waals surface area (Å²) >= 11 is 0. The maximum atomic E-state index is 11.3. The predicted octanol–water partition coefficient (Wildman–Crippen LogP) is 2.00. The average molecular weight is 240 g/mol. The second kappa shape index (κ2) is 4.76. The second-order valence-electron chi connectivity index (χ2n) is 3.91. The largest absolute Gasteiger partial charge is 0.478 e. The molecule has 0 aliphatic heterocycles. The van der Waals surface area contributed by atoms with Gasteiger partial charge in [-0.25, -0.2) is 9.78 Å². The first-order chi connectivity index (χ1) is 8.63. The standard InChI is InChI=1S/C14H12N2O2/c1-3-8-16(2)13-9-11(14(17)18)10-6-4-5-7-12(10)15-13/h1,4-7,9H,8H2,2H3,(H,17,18). The first kappa shape index (κ1) is 11.9.